The molecule has 47 heteroatoms. The molecule has 129 heavy (non-hydrogen) atoms. The van der Waals surface area contributed by atoms with Crippen molar-refractivity contribution in [1.29, 1.82) is 0 Å². The number of aliphatic carboxylic acids is 1. The number of benzene rings is 4. The molecule has 24 N–H and O–H groups in total. The van der Waals surface area contributed by atoms with Crippen LogP contribution in [0.3, 0.4) is 0 Å². The third-order valence-electron chi connectivity index (χ3n) is 20.0. The molecule has 10 atom stereocenters. The normalized spacial score (nSPS) is 13.6. The summed E-state index contributed by atoms with van der Waals surface area (Å²) in [5.74, 6) is -17.3. The van der Waals surface area contributed by atoms with Crippen LogP contribution in [-0.2, 0) is 122 Å². The number of carboxylic acid groups (broad SMARTS) is 1. The average molecular weight is 1800 g/mol. The lowest BCUT2D eigenvalue weighted by Crippen LogP contribution is -2.67. The van der Waals surface area contributed by atoms with Crippen molar-refractivity contribution in [2.45, 2.75) is 179 Å². The van der Waals surface area contributed by atoms with Crippen molar-refractivity contribution in [3.63, 3.8) is 0 Å². The van der Waals surface area contributed by atoms with Crippen molar-refractivity contribution >= 4 is 94.6 Å². The van der Waals surface area contributed by atoms with Crippen molar-refractivity contribution in [3.8, 4) is 16.9 Å². The van der Waals surface area contributed by atoms with Gasteiger partial charge < -0.3 is 116 Å². The Morgan fingerprint density at radius 2 is 1.20 bits per heavy atom. The molecule has 0 saturated carbocycles. The number of rotatable bonds is 55. The number of hydrogen-bond donors (Lipinski definition) is 22. The highest BCUT2D eigenvalue weighted by Gasteiger charge is 2.44. The molecule has 0 spiro atoms. The highest BCUT2D eigenvalue weighted by Crippen LogP contribution is 2.30. The Hall–Kier alpha value is -14.4. The molecule has 0 fully saturated rings. The molecule has 46 nitrogen and oxygen atoms in total. The number of H-pyrrole nitrogens is 2. The van der Waals surface area contributed by atoms with Crippen LogP contribution in [0.1, 0.15) is 113 Å². The van der Waals surface area contributed by atoms with Gasteiger partial charge in [-0.15, -0.1) is 10.2 Å². The van der Waals surface area contributed by atoms with E-state index in [1.807, 2.05) is 19.1 Å². The van der Waals surface area contributed by atoms with E-state index in [1.54, 1.807) is 60.8 Å². The molecule has 0 radical (unpaired) electrons. The maximum atomic E-state index is 15.6. The lowest BCUT2D eigenvalue weighted by atomic mass is 9.90. The zero-order valence-electron chi connectivity index (χ0n) is 71.8. The van der Waals surface area contributed by atoms with Crippen LogP contribution < -0.4 is 90.6 Å². The first kappa shape index (κ1) is 103. The Morgan fingerprint density at radius 3 is 1.81 bits per heavy atom. The van der Waals surface area contributed by atoms with Gasteiger partial charge in [0.2, 0.25) is 88.6 Å². The van der Waals surface area contributed by atoms with Crippen LogP contribution >= 0.6 is 0 Å². The highest BCUT2D eigenvalue weighted by atomic mass is 19.1. The van der Waals surface area contributed by atoms with Crippen molar-refractivity contribution < 1.29 is 106 Å². The quantitative estimate of drug-likeness (QED) is 0.00560. The number of carbonyl (C=O) groups is 16. The van der Waals surface area contributed by atoms with E-state index >= 15 is 4.39 Å². The molecule has 6 rings (SSSR count). The van der Waals surface area contributed by atoms with E-state index in [2.05, 4.69) is 115 Å². The largest absolute Gasteiger partial charge is 0.494 e. The first-order chi connectivity index (χ1) is 61.4. The molecule has 6 aromatic rings. The van der Waals surface area contributed by atoms with Gasteiger partial charge in [0.15, 0.2) is 5.82 Å². The third kappa shape index (κ3) is 34.4. The van der Waals surface area contributed by atoms with Gasteiger partial charge in [0.25, 0.3) is 0 Å². The van der Waals surface area contributed by atoms with Crippen molar-refractivity contribution in [2.24, 2.45) is 22.0 Å². The standard InChI is InChI=1S/C82H110FN25O21/c1-7-50-32-54(129-30-11-10-28-95-106-86)25-26-55(50)51-23-21-48(22-24-51)31-58(73(121)96-57(71(85)119)16-12-13-47-17-19-49(20-18-47)37-89-64(113)40-91-66(115)41-92-65(114)39-90-63(112)36-84)97-74(122)60(34-68(117)118)98-75(123)61(43-109)99-76(124)69(45(2)110)102-80(128)82(6,35-52-14-8-9-15-56(52)83)103-77(125)70(46(3)111)101-67(116)42-93-72(120)59(33-62-104-107-108-105-62)100-79(127)81(4,5)78(126)88-29-27-53-38-87-44-94-53/h8-9,14-15,17-26,32,38,44-46,57-61,69-70,109-111H,7,10-13,16,27-31,33-37,39-43,84H2,1-6H3,(H2,85,119)(H,87,94)(H,88,126)(H,89,113)(H,90,112)(H,91,115)(H,92,114)(H,93,120)(H,96,121)(H,97,122)(H,98,123)(H,99,124)(H,100,127)(H,101,116)(H,102,128)(H,103,125)(H,117,118)(H,104,105,107,108)/t45-,46-,57+,58+,59+,60+,61+,69+,70+,82+/m1/s1. The molecule has 0 aliphatic rings. The molecule has 2 heterocycles. The van der Waals surface area contributed by atoms with Crippen LogP contribution in [0.5, 0.6) is 5.75 Å². The number of carbonyl (C=O) groups excluding carboxylic acids is 15. The summed E-state index contributed by atoms with van der Waals surface area (Å²) in [7, 11) is 0. The molecule has 2 aromatic heterocycles. The van der Waals surface area contributed by atoms with Gasteiger partial charge in [-0.05, 0) is 136 Å². The summed E-state index contributed by atoms with van der Waals surface area (Å²) in [6.07, 6.45) is -0.872. The van der Waals surface area contributed by atoms with E-state index in [1.165, 1.54) is 38.4 Å². The molecular formula is C82H110FN25O21. The second-order valence-electron chi connectivity index (χ2n) is 30.6. The van der Waals surface area contributed by atoms with Gasteiger partial charge in [-0.3, -0.25) is 76.7 Å². The zero-order chi connectivity index (χ0) is 94.9. The van der Waals surface area contributed by atoms with E-state index in [0.29, 0.717) is 67.8 Å². The number of amides is 15. The number of nitrogens with two attached hydrogens (primary N) is 2. The maximum absolute atomic E-state index is 15.6. The summed E-state index contributed by atoms with van der Waals surface area (Å²) in [4.78, 5) is 225. The summed E-state index contributed by atoms with van der Waals surface area (Å²) in [5.41, 5.74) is 20.1. The van der Waals surface area contributed by atoms with Gasteiger partial charge in [0, 0.05) is 62.1 Å². The SMILES string of the molecule is CCc1cc(OCCCCN=[N+]=[N-])ccc1-c1ccc(C[C@H](NC(=O)[C@H](CC(=O)O)NC(=O)[C@H](CO)NC(=O)[C@@H](NC(=O)[C@](C)(Cc2ccccc2F)NC(=O)[C@@H](NC(=O)CNC(=O)[C@H](Cc2nn[nH]n2)NC(=O)C(C)(C)C(=O)NCCc2cnc[nH]2)[C@@H](C)O)[C@@H](C)O)C(=O)N[C@@H](CCCc2ccc(CNC(=O)CNC(=O)CNC(=O)CNC(=O)CN)cc2)C(N)=O)cc1. The molecule has 696 valence electrons. The molecule has 0 aliphatic carbocycles. The topological polar surface area (TPSA) is 716 Å². The number of aromatic amines is 2. The minimum Gasteiger partial charge on any atom is -0.494 e. The number of nitrogens with one attached hydrogen (secondary N) is 16. The van der Waals surface area contributed by atoms with Gasteiger partial charge in [-0.1, -0.05) is 90.0 Å². The second-order valence-corrected chi connectivity index (χ2v) is 30.6. The zero-order valence-corrected chi connectivity index (χ0v) is 71.8. The lowest BCUT2D eigenvalue weighted by Gasteiger charge is -2.34. The number of hydrogen-bond acceptors (Lipinski definition) is 26. The summed E-state index contributed by atoms with van der Waals surface area (Å²) in [5, 5.41) is 92.9. The summed E-state index contributed by atoms with van der Waals surface area (Å²) >= 11 is 0. The van der Waals surface area contributed by atoms with Gasteiger partial charge in [0.1, 0.15) is 64.8 Å². The lowest BCUT2D eigenvalue weighted by molar-refractivity contribution is -0.143. The predicted molar refractivity (Wildman–Crippen MR) is 455 cm³/mol. The fourth-order valence-electron chi connectivity index (χ4n) is 12.5. The smallest absolute Gasteiger partial charge is 0.305 e. The van der Waals surface area contributed by atoms with Crippen LogP contribution in [0.25, 0.3) is 21.6 Å². The van der Waals surface area contributed by atoms with Gasteiger partial charge >= 0.3 is 5.97 Å². The molecule has 0 aliphatic heterocycles. The van der Waals surface area contributed by atoms with Crippen LogP contribution in [0.2, 0.25) is 0 Å². The predicted octanol–water partition coefficient (Wildman–Crippen LogP) is -4.78. The van der Waals surface area contributed by atoms with Crippen LogP contribution in [0.15, 0.2) is 109 Å². The van der Waals surface area contributed by atoms with Crippen molar-refractivity contribution in [2.75, 3.05) is 59.0 Å². The Kier molecular flexibility index (Phi) is 41.6. The van der Waals surface area contributed by atoms with E-state index in [9.17, 15) is 97.1 Å². The number of unbranched alkanes of at least 4 members (excludes halogenated alkanes) is 1. The minimum atomic E-state index is -2.44. The van der Waals surface area contributed by atoms with E-state index in [0.717, 1.165) is 49.1 Å². The van der Waals surface area contributed by atoms with Gasteiger partial charge in [-0.25, -0.2) is 9.37 Å². The Balaban J connectivity index is 1.15. The summed E-state index contributed by atoms with van der Waals surface area (Å²) in [6.45, 7) is 4.57. The summed E-state index contributed by atoms with van der Waals surface area (Å²) in [6, 6.07) is 11.0. The first-order valence-corrected chi connectivity index (χ1v) is 41.0. The number of primary amides is 1. The van der Waals surface area contributed by atoms with Crippen LogP contribution in [0.4, 0.5) is 4.39 Å². The number of aromatic nitrogens is 6. The second kappa shape index (κ2) is 51.9. The van der Waals surface area contributed by atoms with Crippen LogP contribution in [-0.4, -0.2) is 265 Å². The number of ether oxygens (including phenoxy) is 1. The maximum Gasteiger partial charge on any atom is 0.305 e. The number of imidazole rings is 1. The van der Waals surface area contributed by atoms with Gasteiger partial charge in [-0.2, -0.15) is 5.21 Å². The summed E-state index contributed by atoms with van der Waals surface area (Å²) < 4.78 is 21.5. The Labute approximate surface area is 738 Å². The fourth-order valence-corrected chi connectivity index (χ4v) is 12.5. The van der Waals surface area contributed by atoms with Crippen molar-refractivity contribution in [1.82, 2.24) is 105 Å². The van der Waals surface area contributed by atoms with E-state index in [-0.39, 0.29) is 50.3 Å². The molecule has 0 saturated heterocycles. The van der Waals surface area contributed by atoms with Gasteiger partial charge in [0.05, 0.1) is 70.9 Å². The number of nitrogens with zero attached hydrogens (tertiary/aromatic N) is 7. The van der Waals surface area contributed by atoms with Crippen molar-refractivity contribution in [3.05, 3.63) is 159 Å². The minimum absolute atomic E-state index is 0.0504. The highest BCUT2D eigenvalue weighted by molar-refractivity contribution is 6.06. The number of tetrazole rings is 1. The number of aryl methyl sites for hydroxylation is 2. The number of aliphatic hydroxyl groups excluding tert-OH is 3. The van der Waals surface area contributed by atoms with E-state index in [4.69, 9.17) is 21.7 Å². The number of halogens is 1. The third-order valence-corrected chi connectivity index (χ3v) is 20.0. The Morgan fingerprint density at radius 1 is 0.605 bits per heavy atom. The average Bonchev–Trinajstić information content (AvgIpc) is 0.967. The number of aliphatic hydroxyl groups is 3. The molecule has 0 bridgehead atoms. The first-order valence-electron chi connectivity index (χ1n) is 41.0. The number of carboxylic acids is 1. The molecule has 15 amide bonds. The number of azide groups is 1. The Bertz CT molecular complexity index is 4900. The molecular weight excluding hydrogens is 1690 g/mol. The van der Waals surface area contributed by atoms with E-state index < -0.39 is 218 Å². The molecule has 4 aromatic carbocycles. The molecule has 0 unspecified atom stereocenters. The fraction of sp³-hybridized carbons (Fsp3) is 0.463. The van der Waals surface area contributed by atoms with Crippen LogP contribution in [0, 0.1) is 11.2 Å². The monoisotopic (exact) mass is 1800 g/mol.